The third-order valence-corrected chi connectivity index (χ3v) is 8.08. The van der Waals surface area contributed by atoms with Gasteiger partial charge in [-0.25, -0.2) is 14.8 Å². The number of aliphatic hydroxyl groups excluding tert-OH is 1. The summed E-state index contributed by atoms with van der Waals surface area (Å²) in [6, 6.07) is 3.88. The van der Waals surface area contributed by atoms with Crippen molar-refractivity contribution in [3.63, 3.8) is 0 Å². The van der Waals surface area contributed by atoms with Crippen molar-refractivity contribution in [1.29, 1.82) is 0 Å². The summed E-state index contributed by atoms with van der Waals surface area (Å²) in [6.07, 6.45) is 2.28. The molecule has 1 unspecified atom stereocenters. The average Bonchev–Trinajstić information content (AvgIpc) is 3.26. The van der Waals surface area contributed by atoms with Gasteiger partial charge in [0.15, 0.2) is 5.82 Å². The summed E-state index contributed by atoms with van der Waals surface area (Å²) in [7, 11) is 0. The van der Waals surface area contributed by atoms with E-state index in [1.807, 2.05) is 26.0 Å². The van der Waals surface area contributed by atoms with Crippen LogP contribution in [0, 0.1) is 12.3 Å². The van der Waals surface area contributed by atoms with E-state index in [0.29, 0.717) is 34.6 Å². The van der Waals surface area contributed by atoms with Crippen LogP contribution < -0.4 is 10.6 Å². The number of benzene rings is 1. The molecule has 33 heavy (non-hydrogen) atoms. The number of carbonyl (C=O) groups excluding carboxylic acids is 1. The van der Waals surface area contributed by atoms with Crippen molar-refractivity contribution in [3.8, 4) is 0 Å². The van der Waals surface area contributed by atoms with Crippen LogP contribution in [-0.4, -0.2) is 50.6 Å². The number of hydrogen-bond acceptors (Lipinski definition) is 8. The number of aromatic amines is 1. The molecule has 1 aliphatic rings. The van der Waals surface area contributed by atoms with E-state index in [1.165, 1.54) is 11.8 Å². The van der Waals surface area contributed by atoms with Crippen LogP contribution in [0.5, 0.6) is 0 Å². The number of ether oxygens (including phenoxy) is 1. The minimum absolute atomic E-state index is 0.175. The summed E-state index contributed by atoms with van der Waals surface area (Å²) >= 11 is 7.97. The summed E-state index contributed by atoms with van der Waals surface area (Å²) in [6.45, 7) is 7.07. The summed E-state index contributed by atoms with van der Waals surface area (Å²) < 4.78 is 5.23. The molecule has 1 aliphatic heterocycles. The van der Waals surface area contributed by atoms with Gasteiger partial charge in [-0.2, -0.15) is 5.10 Å². The number of aromatic nitrogens is 4. The molecule has 0 radical (unpaired) electrons. The van der Waals surface area contributed by atoms with E-state index < -0.39 is 6.09 Å². The Morgan fingerprint density at radius 1 is 1.39 bits per heavy atom. The van der Waals surface area contributed by atoms with Crippen LogP contribution in [0.25, 0.3) is 10.9 Å². The average molecular weight is 491 g/mol. The standard InChI is InChI=1S/C22H27ClN6O3S/c1-12-20(33-16-5-4-14-10-25-28-18(14)17(16)23)27-15(11-30)19(26-12)29-8-6-22(3,7-9-29)13(2)32-21(24)31/h4-5,10,13,30H,6-9,11H2,1-3H3,(H2,24,31)(H,25,28). The molecule has 1 atom stereocenters. The van der Waals surface area contributed by atoms with Crippen LogP contribution >= 0.6 is 23.4 Å². The molecule has 2 aromatic heterocycles. The summed E-state index contributed by atoms with van der Waals surface area (Å²) in [5.74, 6) is 0.681. The van der Waals surface area contributed by atoms with Crippen LogP contribution in [0.2, 0.25) is 5.02 Å². The van der Waals surface area contributed by atoms with Gasteiger partial charge in [0.2, 0.25) is 0 Å². The zero-order valence-corrected chi connectivity index (χ0v) is 20.3. The molecule has 3 heterocycles. The number of nitrogens with zero attached hydrogens (tertiary/aromatic N) is 4. The summed E-state index contributed by atoms with van der Waals surface area (Å²) in [4.78, 5) is 23.6. The van der Waals surface area contributed by atoms with Gasteiger partial charge < -0.3 is 20.5 Å². The lowest BCUT2D eigenvalue weighted by atomic mass is 9.76. The van der Waals surface area contributed by atoms with Crippen molar-refractivity contribution < 1.29 is 14.6 Å². The largest absolute Gasteiger partial charge is 0.446 e. The molecule has 0 bridgehead atoms. The maximum absolute atomic E-state index is 11.2. The first-order chi connectivity index (χ1) is 15.7. The van der Waals surface area contributed by atoms with Gasteiger partial charge in [-0.05, 0) is 38.8 Å². The van der Waals surface area contributed by atoms with Crippen molar-refractivity contribution in [3.05, 3.63) is 34.7 Å². The van der Waals surface area contributed by atoms with E-state index in [2.05, 4.69) is 22.0 Å². The van der Waals surface area contributed by atoms with E-state index in [-0.39, 0.29) is 18.1 Å². The molecule has 1 fully saturated rings. The Kier molecular flexibility index (Phi) is 6.69. The zero-order chi connectivity index (χ0) is 23.8. The number of rotatable bonds is 6. The van der Waals surface area contributed by atoms with E-state index >= 15 is 0 Å². The second-order valence-electron chi connectivity index (χ2n) is 8.58. The number of fused-ring (bicyclic) bond motifs is 1. The highest BCUT2D eigenvalue weighted by Gasteiger charge is 2.38. The number of amides is 1. The Balaban J connectivity index is 1.54. The van der Waals surface area contributed by atoms with Crippen molar-refractivity contribution in [1.82, 2.24) is 20.2 Å². The molecule has 1 saturated heterocycles. The predicted molar refractivity (Wildman–Crippen MR) is 128 cm³/mol. The van der Waals surface area contributed by atoms with Gasteiger partial charge in [-0.15, -0.1) is 0 Å². The maximum Gasteiger partial charge on any atom is 0.404 e. The van der Waals surface area contributed by atoms with Crippen LogP contribution in [-0.2, 0) is 11.3 Å². The smallest absolute Gasteiger partial charge is 0.404 e. The highest BCUT2D eigenvalue weighted by Crippen LogP contribution is 2.40. The normalized spacial score (nSPS) is 16.7. The quantitative estimate of drug-likeness (QED) is 0.471. The first-order valence-corrected chi connectivity index (χ1v) is 11.9. The number of nitrogens with two attached hydrogens (primary N) is 1. The van der Waals surface area contributed by atoms with E-state index in [0.717, 1.165) is 34.3 Å². The Morgan fingerprint density at radius 3 is 2.79 bits per heavy atom. The minimum atomic E-state index is -0.755. The summed E-state index contributed by atoms with van der Waals surface area (Å²) in [5, 5.41) is 19.2. The molecule has 1 amide bonds. The molecule has 3 aromatic rings. The molecule has 0 spiro atoms. The van der Waals surface area contributed by atoms with Gasteiger partial charge in [0.25, 0.3) is 0 Å². The number of anilines is 1. The van der Waals surface area contributed by atoms with E-state index in [9.17, 15) is 9.90 Å². The molecule has 4 N–H and O–H groups in total. The molecule has 176 valence electrons. The van der Waals surface area contributed by atoms with Crippen LogP contribution in [0.3, 0.4) is 0 Å². The highest BCUT2D eigenvalue weighted by atomic mass is 35.5. The number of halogens is 1. The highest BCUT2D eigenvalue weighted by molar-refractivity contribution is 7.99. The molecule has 4 rings (SSSR count). The van der Waals surface area contributed by atoms with Gasteiger partial charge >= 0.3 is 6.09 Å². The van der Waals surface area contributed by atoms with Crippen molar-refractivity contribution in [2.45, 2.75) is 56.2 Å². The van der Waals surface area contributed by atoms with Gasteiger partial charge in [0.05, 0.1) is 29.0 Å². The number of H-pyrrole nitrogens is 1. The minimum Gasteiger partial charge on any atom is -0.446 e. The Hall–Kier alpha value is -2.56. The van der Waals surface area contributed by atoms with Crippen molar-refractivity contribution >= 4 is 46.2 Å². The molecular formula is C22H27ClN6O3S. The number of aliphatic hydroxyl groups is 1. The number of nitrogens with one attached hydrogen (secondary N) is 1. The number of piperidine rings is 1. The molecular weight excluding hydrogens is 464 g/mol. The first-order valence-electron chi connectivity index (χ1n) is 10.7. The predicted octanol–water partition coefficient (Wildman–Crippen LogP) is 4.05. The van der Waals surface area contributed by atoms with E-state index in [1.54, 1.807) is 6.20 Å². The van der Waals surface area contributed by atoms with Crippen LogP contribution in [0.15, 0.2) is 28.3 Å². The fraction of sp³-hybridized carbons (Fsp3) is 0.455. The lowest BCUT2D eigenvalue weighted by molar-refractivity contribution is 0.0159. The maximum atomic E-state index is 11.2. The molecule has 9 nitrogen and oxygen atoms in total. The molecule has 11 heteroatoms. The number of carbonyl (C=O) groups is 1. The van der Waals surface area contributed by atoms with Crippen LogP contribution in [0.1, 0.15) is 38.1 Å². The van der Waals surface area contributed by atoms with Gasteiger partial charge in [0.1, 0.15) is 16.8 Å². The fourth-order valence-corrected chi connectivity index (χ4v) is 5.29. The lowest BCUT2D eigenvalue weighted by Crippen LogP contribution is -2.46. The number of aryl methyl sites for hydroxylation is 1. The monoisotopic (exact) mass is 490 g/mol. The van der Waals surface area contributed by atoms with Crippen molar-refractivity contribution in [2.75, 3.05) is 18.0 Å². The summed E-state index contributed by atoms with van der Waals surface area (Å²) in [5.41, 5.74) is 7.08. The third kappa shape index (κ3) is 4.73. The van der Waals surface area contributed by atoms with Crippen molar-refractivity contribution in [2.24, 2.45) is 11.1 Å². The molecule has 0 saturated carbocycles. The van der Waals surface area contributed by atoms with Gasteiger partial charge in [-0.3, -0.25) is 5.10 Å². The second kappa shape index (κ2) is 9.36. The number of hydrogen-bond donors (Lipinski definition) is 3. The first kappa shape index (κ1) is 23.6. The Bertz CT molecular complexity index is 1180. The van der Waals surface area contributed by atoms with Gasteiger partial charge in [-0.1, -0.05) is 30.3 Å². The SMILES string of the molecule is Cc1nc(N2CCC(C)(C(C)OC(N)=O)CC2)c(CO)nc1Sc1ccc2cn[nH]c2c1Cl. The lowest BCUT2D eigenvalue weighted by Gasteiger charge is -2.43. The third-order valence-electron chi connectivity index (χ3n) is 6.43. The molecule has 0 aliphatic carbocycles. The molecule has 1 aromatic carbocycles. The fourth-order valence-electron chi connectivity index (χ4n) is 4.08. The number of primary amides is 1. The Morgan fingerprint density at radius 2 is 2.12 bits per heavy atom. The second-order valence-corrected chi connectivity index (χ2v) is 9.99. The Labute approximate surface area is 201 Å². The van der Waals surface area contributed by atoms with E-state index in [4.69, 9.17) is 32.0 Å². The van der Waals surface area contributed by atoms with Gasteiger partial charge in [0, 0.05) is 28.8 Å². The van der Waals surface area contributed by atoms with Crippen LogP contribution in [0.4, 0.5) is 10.6 Å². The zero-order valence-electron chi connectivity index (χ0n) is 18.8. The topological polar surface area (TPSA) is 130 Å².